The number of hydrogen-bond donors (Lipinski definition) is 0. The fraction of sp³-hybridized carbons (Fsp3) is 0.111. The molecule has 0 fully saturated rings. The topological polar surface area (TPSA) is 48.0 Å². The maximum Gasteiger partial charge on any atom is 0.300 e. The largest absolute Gasteiger partial charge is 0.435 e. The van der Waals surface area contributed by atoms with Crippen LogP contribution in [0.2, 0.25) is 0 Å². The number of para-hydroxylation sites is 2. The highest BCUT2D eigenvalue weighted by molar-refractivity contribution is 6.01. The Balaban J connectivity index is 2.23. The third kappa shape index (κ3) is 1.77. The molecule has 2 aromatic heterocycles. The number of fused-ring (bicyclic) bond motifs is 3. The first-order chi connectivity index (χ1) is 10.8. The van der Waals surface area contributed by atoms with E-state index in [1.54, 1.807) is 4.57 Å². The molecule has 0 radical (unpaired) electrons. The zero-order valence-electron chi connectivity index (χ0n) is 12.1. The fourth-order valence-corrected chi connectivity index (χ4v) is 2.76. The number of pyridine rings is 1. The van der Waals surface area contributed by atoms with Gasteiger partial charge in [0.1, 0.15) is 5.52 Å². The molecule has 22 heavy (non-hydrogen) atoms. The van der Waals surface area contributed by atoms with Crippen molar-refractivity contribution in [2.75, 3.05) is 0 Å². The van der Waals surface area contributed by atoms with Crippen molar-refractivity contribution in [3.05, 3.63) is 70.8 Å². The molecule has 108 valence electrons. The Hall–Kier alpha value is -2.88. The molecule has 0 atom stereocenters. The van der Waals surface area contributed by atoms with Crippen LogP contribution >= 0.6 is 0 Å². The number of hydrogen-bond acceptors (Lipinski definition) is 3. The van der Waals surface area contributed by atoms with Crippen LogP contribution < -0.4 is 5.56 Å². The summed E-state index contributed by atoms with van der Waals surface area (Å²) in [6.07, 6.45) is 0.660. The van der Waals surface area contributed by atoms with E-state index < -0.39 is 0 Å². The second-order valence-electron chi connectivity index (χ2n) is 5.13. The van der Waals surface area contributed by atoms with Crippen LogP contribution in [0.1, 0.15) is 12.8 Å². The lowest BCUT2D eigenvalue weighted by atomic mass is 10.1. The molecule has 0 aliphatic carbocycles. The van der Waals surface area contributed by atoms with Gasteiger partial charge in [-0.05, 0) is 18.2 Å². The normalized spacial score (nSPS) is 11.3. The van der Waals surface area contributed by atoms with E-state index >= 15 is 0 Å². The molecule has 0 spiro atoms. The number of benzene rings is 2. The van der Waals surface area contributed by atoms with E-state index in [0.717, 1.165) is 16.6 Å². The van der Waals surface area contributed by atoms with Gasteiger partial charge in [-0.15, -0.1) is 0 Å². The van der Waals surface area contributed by atoms with E-state index in [1.807, 2.05) is 61.5 Å². The third-order valence-corrected chi connectivity index (χ3v) is 3.79. The second kappa shape index (κ2) is 4.84. The Kier molecular flexibility index (Phi) is 2.82. The van der Waals surface area contributed by atoms with Gasteiger partial charge in [-0.25, -0.2) is 4.98 Å². The minimum Gasteiger partial charge on any atom is -0.435 e. The minimum absolute atomic E-state index is 0.174. The van der Waals surface area contributed by atoms with Crippen molar-refractivity contribution in [2.45, 2.75) is 13.3 Å². The van der Waals surface area contributed by atoms with Crippen molar-refractivity contribution in [1.29, 1.82) is 0 Å². The monoisotopic (exact) mass is 290 g/mol. The van der Waals surface area contributed by atoms with Gasteiger partial charge >= 0.3 is 5.56 Å². The predicted octanol–water partition coefficient (Wildman–Crippen LogP) is 3.69. The van der Waals surface area contributed by atoms with E-state index in [4.69, 9.17) is 4.42 Å². The van der Waals surface area contributed by atoms with Crippen molar-refractivity contribution in [3.8, 4) is 5.69 Å². The van der Waals surface area contributed by atoms with E-state index in [-0.39, 0.29) is 5.56 Å². The number of nitrogens with zero attached hydrogens (tertiary/aromatic N) is 2. The summed E-state index contributed by atoms with van der Waals surface area (Å²) in [6, 6.07) is 17.4. The Labute approximate surface area is 126 Å². The second-order valence-corrected chi connectivity index (χ2v) is 5.13. The molecule has 0 saturated carbocycles. The zero-order chi connectivity index (χ0) is 15.1. The first-order valence-corrected chi connectivity index (χ1v) is 7.28. The summed E-state index contributed by atoms with van der Waals surface area (Å²) in [5.74, 6) is 0.586. The highest BCUT2D eigenvalue weighted by Crippen LogP contribution is 2.25. The molecular formula is C18H14N2O2. The lowest BCUT2D eigenvalue weighted by Gasteiger charge is -2.10. The van der Waals surface area contributed by atoms with Crippen LogP contribution in [-0.2, 0) is 6.42 Å². The SMILES string of the molecule is CCc1nc2c(o1)c(=O)n(-c1ccccc1)c1ccccc21. The van der Waals surface area contributed by atoms with Gasteiger partial charge in [-0.2, -0.15) is 0 Å². The Morgan fingerprint density at radius 2 is 1.77 bits per heavy atom. The van der Waals surface area contributed by atoms with E-state index in [0.29, 0.717) is 23.4 Å². The van der Waals surface area contributed by atoms with Crippen LogP contribution in [0.4, 0.5) is 0 Å². The minimum atomic E-state index is -0.174. The zero-order valence-corrected chi connectivity index (χ0v) is 12.1. The number of aromatic nitrogens is 2. The number of rotatable bonds is 2. The average molecular weight is 290 g/mol. The predicted molar refractivity (Wildman–Crippen MR) is 86.5 cm³/mol. The maximum absolute atomic E-state index is 12.9. The summed E-state index contributed by atoms with van der Waals surface area (Å²) in [4.78, 5) is 17.4. The standard InChI is InChI=1S/C18H14N2O2/c1-2-15-19-16-13-10-6-7-11-14(13)20(18(21)17(16)22-15)12-8-4-3-5-9-12/h3-11H,2H2,1H3. The summed E-state index contributed by atoms with van der Waals surface area (Å²) in [5.41, 5.74) is 2.44. The van der Waals surface area contributed by atoms with Crippen LogP contribution in [0.3, 0.4) is 0 Å². The van der Waals surface area contributed by atoms with Gasteiger partial charge in [-0.3, -0.25) is 9.36 Å². The number of aryl methyl sites for hydroxylation is 1. The lowest BCUT2D eigenvalue weighted by Crippen LogP contribution is -2.18. The summed E-state index contributed by atoms with van der Waals surface area (Å²) < 4.78 is 7.36. The van der Waals surface area contributed by atoms with Gasteiger partial charge in [-0.1, -0.05) is 43.3 Å². The number of oxazole rings is 1. The van der Waals surface area contributed by atoms with Crippen molar-refractivity contribution >= 4 is 22.0 Å². The van der Waals surface area contributed by atoms with E-state index in [9.17, 15) is 4.79 Å². The van der Waals surface area contributed by atoms with Crippen LogP contribution in [0.25, 0.3) is 27.7 Å². The third-order valence-electron chi connectivity index (χ3n) is 3.79. The van der Waals surface area contributed by atoms with Gasteiger partial charge in [0.2, 0.25) is 5.58 Å². The van der Waals surface area contributed by atoms with E-state index in [2.05, 4.69) is 4.98 Å². The molecule has 4 heteroatoms. The molecule has 0 aliphatic heterocycles. The van der Waals surface area contributed by atoms with Crippen LogP contribution in [0, 0.1) is 0 Å². The molecule has 0 amide bonds. The van der Waals surface area contributed by atoms with Crippen molar-refractivity contribution in [2.24, 2.45) is 0 Å². The van der Waals surface area contributed by atoms with E-state index in [1.165, 1.54) is 0 Å². The lowest BCUT2D eigenvalue weighted by molar-refractivity contribution is 0.534. The smallest absolute Gasteiger partial charge is 0.300 e. The van der Waals surface area contributed by atoms with Crippen molar-refractivity contribution in [1.82, 2.24) is 9.55 Å². The first kappa shape index (κ1) is 12.8. The molecule has 2 heterocycles. The fourth-order valence-electron chi connectivity index (χ4n) is 2.76. The maximum atomic E-state index is 12.9. The van der Waals surface area contributed by atoms with Gasteiger partial charge in [0, 0.05) is 17.5 Å². The molecule has 0 bridgehead atoms. The van der Waals surface area contributed by atoms with Crippen LogP contribution in [0.5, 0.6) is 0 Å². The summed E-state index contributed by atoms with van der Waals surface area (Å²) >= 11 is 0. The van der Waals surface area contributed by atoms with Crippen LogP contribution in [-0.4, -0.2) is 9.55 Å². The molecular weight excluding hydrogens is 276 g/mol. The quantitative estimate of drug-likeness (QED) is 0.565. The Morgan fingerprint density at radius 1 is 1.05 bits per heavy atom. The highest BCUT2D eigenvalue weighted by atomic mass is 16.4. The summed E-state index contributed by atoms with van der Waals surface area (Å²) in [7, 11) is 0. The molecule has 4 rings (SSSR count). The Morgan fingerprint density at radius 3 is 2.55 bits per heavy atom. The highest BCUT2D eigenvalue weighted by Gasteiger charge is 2.17. The molecule has 2 aromatic carbocycles. The average Bonchev–Trinajstić information content (AvgIpc) is 3.01. The van der Waals surface area contributed by atoms with Gasteiger partial charge in [0.25, 0.3) is 0 Å². The Bertz CT molecular complexity index is 1030. The van der Waals surface area contributed by atoms with Gasteiger partial charge in [0.15, 0.2) is 5.89 Å². The first-order valence-electron chi connectivity index (χ1n) is 7.28. The molecule has 0 aliphatic rings. The summed E-state index contributed by atoms with van der Waals surface area (Å²) in [6.45, 7) is 1.96. The molecule has 0 N–H and O–H groups in total. The molecule has 4 nitrogen and oxygen atoms in total. The molecule has 4 aromatic rings. The van der Waals surface area contributed by atoms with Crippen molar-refractivity contribution in [3.63, 3.8) is 0 Å². The van der Waals surface area contributed by atoms with Crippen molar-refractivity contribution < 1.29 is 4.42 Å². The molecule has 0 saturated heterocycles. The van der Waals surface area contributed by atoms with Gasteiger partial charge in [0.05, 0.1) is 5.52 Å². The van der Waals surface area contributed by atoms with Gasteiger partial charge < -0.3 is 4.42 Å². The summed E-state index contributed by atoms with van der Waals surface area (Å²) in [5, 5.41) is 0.921. The van der Waals surface area contributed by atoms with Crippen LogP contribution in [0.15, 0.2) is 63.8 Å². The molecule has 0 unspecified atom stereocenters.